The predicted octanol–water partition coefficient (Wildman–Crippen LogP) is 5.34. The second-order valence-corrected chi connectivity index (χ2v) is 6.33. The summed E-state index contributed by atoms with van der Waals surface area (Å²) in [6, 6.07) is 12.7. The van der Waals surface area contributed by atoms with Crippen LogP contribution in [-0.4, -0.2) is 23.7 Å². The van der Waals surface area contributed by atoms with E-state index in [4.69, 9.17) is 14.6 Å². The number of hydrogen-bond donors (Lipinski definition) is 1. The van der Waals surface area contributed by atoms with Gasteiger partial charge in [-0.15, -0.1) is 0 Å². The molecule has 0 spiro atoms. The van der Waals surface area contributed by atoms with Crippen LogP contribution in [0.1, 0.15) is 66.2 Å². The molecule has 0 fully saturated rings. The van der Waals surface area contributed by atoms with E-state index in [1.807, 2.05) is 0 Å². The molecule has 5 heteroatoms. The zero-order valence-electron chi connectivity index (χ0n) is 15.6. The Bertz CT molecular complexity index is 737. The van der Waals surface area contributed by atoms with E-state index in [0.29, 0.717) is 17.9 Å². The van der Waals surface area contributed by atoms with E-state index in [2.05, 4.69) is 6.92 Å². The maximum atomic E-state index is 12.2. The van der Waals surface area contributed by atoms with Crippen molar-refractivity contribution in [2.45, 2.75) is 45.4 Å². The summed E-state index contributed by atoms with van der Waals surface area (Å²) in [4.78, 5) is 23.4. The summed E-state index contributed by atoms with van der Waals surface area (Å²) in [6.07, 6.45) is 7.22. The SMILES string of the molecule is CCCCCCCCOc1ccc(C(=O)Oc2ccccc2C(=O)O)cc1. The highest BCUT2D eigenvalue weighted by molar-refractivity contribution is 5.95. The molecular formula is C22H26O5. The molecule has 0 aliphatic rings. The van der Waals surface area contributed by atoms with Crippen LogP contribution in [0.15, 0.2) is 48.5 Å². The average molecular weight is 370 g/mol. The topological polar surface area (TPSA) is 72.8 Å². The van der Waals surface area contributed by atoms with Gasteiger partial charge in [-0.05, 0) is 42.8 Å². The standard InChI is InChI=1S/C22H26O5/c1-2-3-4-5-6-9-16-26-18-14-12-17(13-15-18)22(25)27-20-11-8-7-10-19(20)21(23)24/h7-8,10-15H,2-6,9,16H2,1H3,(H,23,24). The number of carboxylic acid groups (broad SMARTS) is 1. The minimum atomic E-state index is -1.14. The summed E-state index contributed by atoms with van der Waals surface area (Å²) in [6.45, 7) is 2.86. The van der Waals surface area contributed by atoms with E-state index in [0.717, 1.165) is 12.8 Å². The Labute approximate surface area is 159 Å². The molecule has 0 saturated heterocycles. The molecule has 0 saturated carbocycles. The minimum absolute atomic E-state index is 0.0263. The molecule has 0 aliphatic carbocycles. The largest absolute Gasteiger partial charge is 0.494 e. The zero-order chi connectivity index (χ0) is 19.5. The van der Waals surface area contributed by atoms with Gasteiger partial charge in [-0.3, -0.25) is 0 Å². The first kappa shape index (κ1) is 20.5. The van der Waals surface area contributed by atoms with E-state index in [1.165, 1.54) is 37.8 Å². The third-order valence-electron chi connectivity index (χ3n) is 4.18. The van der Waals surface area contributed by atoms with Crippen molar-refractivity contribution in [2.24, 2.45) is 0 Å². The number of hydrogen-bond acceptors (Lipinski definition) is 4. The van der Waals surface area contributed by atoms with Crippen LogP contribution in [0.5, 0.6) is 11.5 Å². The van der Waals surface area contributed by atoms with Crippen LogP contribution in [0.4, 0.5) is 0 Å². The number of para-hydroxylation sites is 1. The van der Waals surface area contributed by atoms with Crippen LogP contribution in [0, 0.1) is 0 Å². The lowest BCUT2D eigenvalue weighted by Gasteiger charge is -2.09. The van der Waals surface area contributed by atoms with Crippen LogP contribution in [0.3, 0.4) is 0 Å². The van der Waals surface area contributed by atoms with Crippen molar-refractivity contribution in [3.63, 3.8) is 0 Å². The molecule has 1 N–H and O–H groups in total. The fraction of sp³-hybridized carbons (Fsp3) is 0.364. The quantitative estimate of drug-likeness (QED) is 0.328. The molecule has 0 amide bonds. The summed E-state index contributed by atoms with van der Waals surface area (Å²) in [7, 11) is 0. The lowest BCUT2D eigenvalue weighted by molar-refractivity contribution is 0.0681. The van der Waals surface area contributed by atoms with Crippen LogP contribution >= 0.6 is 0 Å². The van der Waals surface area contributed by atoms with E-state index >= 15 is 0 Å². The fourth-order valence-electron chi connectivity index (χ4n) is 2.65. The van der Waals surface area contributed by atoms with Crippen molar-refractivity contribution in [3.8, 4) is 11.5 Å². The van der Waals surface area contributed by atoms with Gasteiger partial charge in [0.15, 0.2) is 0 Å². The molecule has 2 rings (SSSR count). The normalized spacial score (nSPS) is 10.4. The molecule has 5 nitrogen and oxygen atoms in total. The van der Waals surface area contributed by atoms with E-state index in [9.17, 15) is 9.59 Å². The molecule has 0 atom stereocenters. The van der Waals surface area contributed by atoms with Gasteiger partial charge in [0.1, 0.15) is 17.1 Å². The minimum Gasteiger partial charge on any atom is -0.494 e. The van der Waals surface area contributed by atoms with Crippen molar-refractivity contribution in [2.75, 3.05) is 6.61 Å². The molecule has 2 aromatic rings. The second kappa shape index (κ2) is 11.0. The maximum Gasteiger partial charge on any atom is 0.343 e. The van der Waals surface area contributed by atoms with Gasteiger partial charge in [0.2, 0.25) is 0 Å². The molecule has 27 heavy (non-hydrogen) atoms. The Morgan fingerprint density at radius 2 is 1.56 bits per heavy atom. The number of carbonyl (C=O) groups excluding carboxylic acids is 1. The smallest absolute Gasteiger partial charge is 0.343 e. The van der Waals surface area contributed by atoms with Crippen LogP contribution < -0.4 is 9.47 Å². The van der Waals surface area contributed by atoms with Gasteiger partial charge < -0.3 is 14.6 Å². The first-order chi connectivity index (χ1) is 13.1. The highest BCUT2D eigenvalue weighted by Gasteiger charge is 2.15. The van der Waals surface area contributed by atoms with Gasteiger partial charge in [0.25, 0.3) is 0 Å². The summed E-state index contributed by atoms with van der Waals surface area (Å²) in [5, 5.41) is 9.14. The van der Waals surface area contributed by atoms with Crippen molar-refractivity contribution in [3.05, 3.63) is 59.7 Å². The second-order valence-electron chi connectivity index (χ2n) is 6.33. The highest BCUT2D eigenvalue weighted by atomic mass is 16.5. The van der Waals surface area contributed by atoms with E-state index < -0.39 is 11.9 Å². The number of benzene rings is 2. The average Bonchev–Trinajstić information content (AvgIpc) is 2.68. The molecule has 144 valence electrons. The van der Waals surface area contributed by atoms with Crippen LogP contribution in [0.2, 0.25) is 0 Å². The lowest BCUT2D eigenvalue weighted by Crippen LogP contribution is -2.11. The van der Waals surface area contributed by atoms with Gasteiger partial charge in [-0.25, -0.2) is 9.59 Å². The van der Waals surface area contributed by atoms with Gasteiger partial charge in [-0.2, -0.15) is 0 Å². The number of carboxylic acids is 1. The predicted molar refractivity (Wildman–Crippen MR) is 104 cm³/mol. The maximum absolute atomic E-state index is 12.2. The zero-order valence-corrected chi connectivity index (χ0v) is 15.6. The van der Waals surface area contributed by atoms with Crippen molar-refractivity contribution < 1.29 is 24.2 Å². The fourth-order valence-corrected chi connectivity index (χ4v) is 2.65. The molecule has 0 radical (unpaired) electrons. The summed E-state index contributed by atoms with van der Waals surface area (Å²) >= 11 is 0. The molecule has 0 heterocycles. The number of esters is 1. The summed E-state index contributed by atoms with van der Waals surface area (Å²) in [5.74, 6) is -1.02. The van der Waals surface area contributed by atoms with Crippen LogP contribution in [0.25, 0.3) is 0 Å². The number of ether oxygens (including phenoxy) is 2. The number of unbranched alkanes of at least 4 members (excludes halogenated alkanes) is 5. The Kier molecular flexibility index (Phi) is 8.36. The van der Waals surface area contributed by atoms with Gasteiger partial charge in [-0.1, -0.05) is 51.2 Å². The van der Waals surface area contributed by atoms with E-state index in [1.54, 1.807) is 36.4 Å². The highest BCUT2D eigenvalue weighted by Crippen LogP contribution is 2.20. The monoisotopic (exact) mass is 370 g/mol. The molecule has 0 bridgehead atoms. The van der Waals surface area contributed by atoms with E-state index in [-0.39, 0.29) is 11.3 Å². The van der Waals surface area contributed by atoms with Gasteiger partial charge >= 0.3 is 11.9 Å². The van der Waals surface area contributed by atoms with Crippen molar-refractivity contribution in [1.29, 1.82) is 0 Å². The molecule has 2 aromatic carbocycles. The lowest BCUT2D eigenvalue weighted by atomic mass is 10.1. The Hall–Kier alpha value is -2.82. The van der Waals surface area contributed by atoms with Gasteiger partial charge in [0.05, 0.1) is 12.2 Å². The number of rotatable bonds is 11. The molecular weight excluding hydrogens is 344 g/mol. The van der Waals surface area contributed by atoms with Gasteiger partial charge in [0, 0.05) is 0 Å². The summed E-state index contributed by atoms with van der Waals surface area (Å²) < 4.78 is 10.9. The first-order valence-electron chi connectivity index (χ1n) is 9.39. The molecule has 0 unspecified atom stereocenters. The third-order valence-corrected chi connectivity index (χ3v) is 4.18. The van der Waals surface area contributed by atoms with Crippen molar-refractivity contribution in [1.82, 2.24) is 0 Å². The van der Waals surface area contributed by atoms with Crippen molar-refractivity contribution >= 4 is 11.9 Å². The Balaban J connectivity index is 1.82. The Morgan fingerprint density at radius 3 is 2.26 bits per heavy atom. The van der Waals surface area contributed by atoms with Crippen LogP contribution in [-0.2, 0) is 0 Å². The number of aromatic carboxylic acids is 1. The molecule has 0 aromatic heterocycles. The first-order valence-corrected chi connectivity index (χ1v) is 9.39. The number of carbonyl (C=O) groups is 2. The Morgan fingerprint density at radius 1 is 0.889 bits per heavy atom. The molecule has 0 aliphatic heterocycles. The third kappa shape index (κ3) is 6.77. The summed E-state index contributed by atoms with van der Waals surface area (Å²) in [5.41, 5.74) is 0.284.